The van der Waals surface area contributed by atoms with E-state index in [4.69, 9.17) is 16.7 Å². The fourth-order valence-corrected chi connectivity index (χ4v) is 2.19. The number of hydrogen-bond donors (Lipinski definition) is 3. The molecule has 10 heteroatoms. The van der Waals surface area contributed by atoms with Gasteiger partial charge in [0.25, 0.3) is 11.8 Å². The van der Waals surface area contributed by atoms with Crippen LogP contribution in [0.1, 0.15) is 5.56 Å². The molecule has 0 radical (unpaired) electrons. The van der Waals surface area contributed by atoms with Gasteiger partial charge in [-0.15, -0.1) is 0 Å². The van der Waals surface area contributed by atoms with E-state index in [0.717, 1.165) is 11.0 Å². The van der Waals surface area contributed by atoms with E-state index in [1.165, 1.54) is 0 Å². The Morgan fingerprint density at radius 1 is 1.26 bits per heavy atom. The van der Waals surface area contributed by atoms with Gasteiger partial charge in [0.2, 0.25) is 0 Å². The third kappa shape index (κ3) is 3.40. The highest BCUT2D eigenvalue weighted by Crippen LogP contribution is 2.40. The van der Waals surface area contributed by atoms with Gasteiger partial charge in [-0.1, -0.05) is 11.6 Å². The molecule has 1 aliphatic heterocycles. The number of aliphatic hydroxyl groups is 1. The maximum absolute atomic E-state index is 12.6. The molecule has 0 bridgehead atoms. The van der Waals surface area contributed by atoms with E-state index in [1.807, 2.05) is 0 Å². The summed E-state index contributed by atoms with van der Waals surface area (Å²) in [5.74, 6) is -2.32. The van der Waals surface area contributed by atoms with Crippen LogP contribution in [0.3, 0.4) is 0 Å². The van der Waals surface area contributed by atoms with Gasteiger partial charge in [-0.25, -0.2) is 0 Å². The number of β-amino-alcohol motifs (C(OH)–C–C–N with tert-alkyl or cyclic N) is 1. The molecule has 2 rings (SSSR count). The molecule has 23 heavy (non-hydrogen) atoms. The van der Waals surface area contributed by atoms with Gasteiger partial charge in [0.05, 0.1) is 29.4 Å². The first-order valence-electron chi connectivity index (χ1n) is 6.20. The van der Waals surface area contributed by atoms with Gasteiger partial charge < -0.3 is 15.5 Å². The van der Waals surface area contributed by atoms with Crippen molar-refractivity contribution in [2.24, 2.45) is 0 Å². The number of rotatable bonds is 4. The Morgan fingerprint density at radius 3 is 2.43 bits per heavy atom. The van der Waals surface area contributed by atoms with Crippen molar-refractivity contribution < 1.29 is 33.0 Å². The smallest absolute Gasteiger partial charge is 0.416 e. The summed E-state index contributed by atoms with van der Waals surface area (Å²) in [7, 11) is 0. The van der Waals surface area contributed by atoms with Gasteiger partial charge in [-0.05, 0) is 12.1 Å². The number of aromatic hydroxyl groups is 1. The second kappa shape index (κ2) is 6.09. The molecule has 0 saturated heterocycles. The van der Waals surface area contributed by atoms with Crippen molar-refractivity contribution in [3.63, 3.8) is 0 Å². The average molecular weight is 351 g/mol. The molecule has 124 valence electrons. The summed E-state index contributed by atoms with van der Waals surface area (Å²) >= 11 is 5.70. The highest BCUT2D eigenvalue weighted by Gasteiger charge is 2.34. The number of alkyl halides is 3. The Labute approximate surface area is 132 Å². The van der Waals surface area contributed by atoms with Crippen LogP contribution in [0.4, 0.5) is 18.9 Å². The summed E-state index contributed by atoms with van der Waals surface area (Å²) in [5.41, 5.74) is -1.77. The van der Waals surface area contributed by atoms with E-state index < -0.39 is 40.9 Å². The predicted octanol–water partition coefficient (Wildman–Crippen LogP) is 1.72. The number of carbonyl (C=O) groups is 2. The zero-order valence-corrected chi connectivity index (χ0v) is 12.1. The Bertz CT molecular complexity index is 680. The van der Waals surface area contributed by atoms with Crippen LogP contribution in [-0.4, -0.2) is 40.1 Å². The van der Waals surface area contributed by atoms with E-state index in [2.05, 4.69) is 5.32 Å². The zero-order valence-electron chi connectivity index (χ0n) is 11.3. The van der Waals surface area contributed by atoms with Crippen LogP contribution in [-0.2, 0) is 15.8 Å². The second-order valence-corrected chi connectivity index (χ2v) is 4.96. The van der Waals surface area contributed by atoms with Crippen molar-refractivity contribution in [2.75, 3.05) is 18.5 Å². The van der Waals surface area contributed by atoms with E-state index >= 15 is 0 Å². The number of phenolic OH excluding ortho intramolecular Hbond substituents is 1. The minimum absolute atomic E-state index is 0.230. The first kappa shape index (κ1) is 17.1. The summed E-state index contributed by atoms with van der Waals surface area (Å²) in [6.45, 7) is -0.670. The topological polar surface area (TPSA) is 89.9 Å². The molecule has 1 aliphatic rings. The fraction of sp³-hybridized carbons (Fsp3) is 0.231. The maximum atomic E-state index is 12.6. The Balaban J connectivity index is 2.30. The molecule has 3 N–H and O–H groups in total. The number of aliphatic hydroxyl groups excluding tert-OH is 1. The molecule has 0 unspecified atom stereocenters. The van der Waals surface area contributed by atoms with Crippen LogP contribution in [0.25, 0.3) is 0 Å². The minimum atomic E-state index is -4.70. The van der Waals surface area contributed by atoms with Crippen LogP contribution >= 0.6 is 11.6 Å². The number of halogens is 4. The summed E-state index contributed by atoms with van der Waals surface area (Å²) in [6, 6.07) is 1.03. The number of benzene rings is 1. The maximum Gasteiger partial charge on any atom is 0.416 e. The molecular weight excluding hydrogens is 341 g/mol. The first-order valence-corrected chi connectivity index (χ1v) is 6.58. The normalized spacial score (nSPS) is 15.2. The Hall–Kier alpha value is -2.26. The Morgan fingerprint density at radius 2 is 1.91 bits per heavy atom. The molecule has 2 amide bonds. The quantitative estimate of drug-likeness (QED) is 0.568. The number of hydrogen-bond acceptors (Lipinski definition) is 5. The highest BCUT2D eigenvalue weighted by atomic mass is 35.5. The third-order valence-corrected chi connectivity index (χ3v) is 3.29. The predicted molar refractivity (Wildman–Crippen MR) is 73.6 cm³/mol. The van der Waals surface area contributed by atoms with E-state index in [1.54, 1.807) is 0 Å². The third-order valence-electron chi connectivity index (χ3n) is 2.99. The lowest BCUT2D eigenvalue weighted by Crippen LogP contribution is -2.34. The lowest BCUT2D eigenvalue weighted by molar-refractivity contribution is -0.138. The molecule has 1 aromatic carbocycles. The van der Waals surface area contributed by atoms with Gasteiger partial charge in [-0.2, -0.15) is 13.2 Å². The number of amides is 2. The van der Waals surface area contributed by atoms with Crippen LogP contribution in [0.15, 0.2) is 23.9 Å². The largest absolute Gasteiger partial charge is 0.506 e. The highest BCUT2D eigenvalue weighted by molar-refractivity contribution is 6.34. The average Bonchev–Trinajstić information content (AvgIpc) is 2.69. The van der Waals surface area contributed by atoms with Crippen molar-refractivity contribution in [3.05, 3.63) is 34.5 Å². The number of nitrogens with zero attached hydrogens (tertiary/aromatic N) is 1. The fourth-order valence-electron chi connectivity index (χ4n) is 1.92. The number of carbonyl (C=O) groups excluding carboxylic acids is 2. The minimum Gasteiger partial charge on any atom is -0.506 e. The molecule has 1 heterocycles. The molecule has 0 spiro atoms. The number of phenols is 1. The number of imide groups is 1. The van der Waals surface area contributed by atoms with E-state index in [-0.39, 0.29) is 17.9 Å². The molecule has 0 aliphatic carbocycles. The van der Waals surface area contributed by atoms with Gasteiger partial charge in [-0.3, -0.25) is 14.5 Å². The van der Waals surface area contributed by atoms with Crippen molar-refractivity contribution in [1.82, 2.24) is 4.90 Å². The molecular formula is C13H10ClF3N2O4. The summed E-state index contributed by atoms with van der Waals surface area (Å²) < 4.78 is 37.8. The first-order chi connectivity index (χ1) is 10.6. The van der Waals surface area contributed by atoms with Crippen molar-refractivity contribution in [1.29, 1.82) is 0 Å². The standard InChI is InChI=1S/C13H10ClF3N2O4/c14-7-3-6(13(15,16)17)4-9(21)11(7)18-8-5-10(22)19(1-2-20)12(8)23/h3-5,18,20-21H,1-2H2. The molecule has 1 aromatic rings. The number of nitrogens with one attached hydrogen (secondary N) is 1. The summed E-state index contributed by atoms with van der Waals surface area (Å²) in [6.07, 6.45) is -3.80. The van der Waals surface area contributed by atoms with Crippen molar-refractivity contribution >= 4 is 29.1 Å². The SMILES string of the molecule is O=C1C=C(Nc2c(O)cc(C(F)(F)F)cc2Cl)C(=O)N1CCO. The summed E-state index contributed by atoms with van der Waals surface area (Å²) in [4.78, 5) is 24.2. The zero-order chi connectivity index (χ0) is 17.4. The summed E-state index contributed by atoms with van der Waals surface area (Å²) in [5, 5.41) is 20.3. The van der Waals surface area contributed by atoms with Gasteiger partial charge >= 0.3 is 6.18 Å². The molecule has 6 nitrogen and oxygen atoms in total. The molecule has 0 saturated carbocycles. The second-order valence-electron chi connectivity index (χ2n) is 4.55. The molecule has 0 atom stereocenters. The van der Waals surface area contributed by atoms with Crippen molar-refractivity contribution in [3.8, 4) is 5.75 Å². The van der Waals surface area contributed by atoms with Gasteiger partial charge in [0.1, 0.15) is 11.4 Å². The van der Waals surface area contributed by atoms with Crippen LogP contribution in [0, 0.1) is 0 Å². The van der Waals surface area contributed by atoms with E-state index in [9.17, 15) is 27.9 Å². The lowest BCUT2D eigenvalue weighted by atomic mass is 10.1. The number of anilines is 1. The van der Waals surface area contributed by atoms with E-state index in [0.29, 0.717) is 12.1 Å². The van der Waals surface area contributed by atoms with Gasteiger partial charge in [0.15, 0.2) is 0 Å². The van der Waals surface area contributed by atoms with Gasteiger partial charge in [0, 0.05) is 6.08 Å². The van der Waals surface area contributed by atoms with Crippen LogP contribution in [0.2, 0.25) is 5.02 Å². The molecule has 0 fully saturated rings. The monoisotopic (exact) mass is 350 g/mol. The Kier molecular flexibility index (Phi) is 4.53. The van der Waals surface area contributed by atoms with Crippen molar-refractivity contribution in [2.45, 2.75) is 6.18 Å². The van der Waals surface area contributed by atoms with Crippen LogP contribution < -0.4 is 5.32 Å². The lowest BCUT2D eigenvalue weighted by Gasteiger charge is -2.15. The molecule has 0 aromatic heterocycles. The van der Waals surface area contributed by atoms with Crippen LogP contribution in [0.5, 0.6) is 5.75 Å².